The minimum absolute atomic E-state index is 0.0502. The molecule has 3 nitrogen and oxygen atoms in total. The van der Waals surface area contributed by atoms with Gasteiger partial charge in [-0.2, -0.15) is 0 Å². The van der Waals surface area contributed by atoms with E-state index in [2.05, 4.69) is 5.32 Å². The number of aliphatic hydroxyl groups is 1. The van der Waals surface area contributed by atoms with E-state index < -0.39 is 12.5 Å². The molecule has 1 unspecified atom stereocenters. The lowest BCUT2D eigenvalue weighted by molar-refractivity contribution is 0.0826. The molecule has 1 aromatic rings. The Balaban J connectivity index is 2.43. The second-order valence-electron chi connectivity index (χ2n) is 3.34. The third kappa shape index (κ3) is 3.60. The van der Waals surface area contributed by atoms with Crippen LogP contribution in [0.3, 0.4) is 0 Å². The molecule has 0 aliphatic heterocycles. The van der Waals surface area contributed by atoms with E-state index in [0.717, 1.165) is 11.3 Å². The Hall–Kier alpha value is -0.940. The van der Waals surface area contributed by atoms with Crippen LogP contribution in [0.15, 0.2) is 16.7 Å². The molecule has 0 bridgehead atoms. The zero-order valence-corrected chi connectivity index (χ0v) is 8.54. The van der Waals surface area contributed by atoms with Gasteiger partial charge in [0.2, 0.25) is 0 Å². The summed E-state index contributed by atoms with van der Waals surface area (Å²) in [6, 6.07) is 0.772. The Morgan fingerprint density at radius 2 is 2.27 bits per heavy atom. The fourth-order valence-electron chi connectivity index (χ4n) is 1.29. The minimum atomic E-state index is -2.47. The van der Waals surface area contributed by atoms with Gasteiger partial charge in [-0.25, -0.2) is 8.78 Å². The number of furan rings is 1. The lowest BCUT2D eigenvalue weighted by Gasteiger charge is -2.16. The summed E-state index contributed by atoms with van der Waals surface area (Å²) >= 11 is 0. The van der Waals surface area contributed by atoms with E-state index in [4.69, 9.17) is 9.52 Å². The SMILES string of the molecule is Cc1occc1CNC(CCO)C(F)F. The molecule has 0 saturated carbocycles. The Bertz CT molecular complexity index is 289. The number of alkyl halides is 2. The molecule has 0 aliphatic rings. The first-order valence-corrected chi connectivity index (χ1v) is 4.80. The van der Waals surface area contributed by atoms with Crippen LogP contribution >= 0.6 is 0 Å². The van der Waals surface area contributed by atoms with Crippen molar-refractivity contribution in [1.29, 1.82) is 0 Å². The molecule has 15 heavy (non-hydrogen) atoms. The summed E-state index contributed by atoms with van der Waals surface area (Å²) in [5, 5.41) is 11.3. The molecule has 0 radical (unpaired) electrons. The van der Waals surface area contributed by atoms with Gasteiger partial charge < -0.3 is 14.8 Å². The Morgan fingerprint density at radius 1 is 1.53 bits per heavy atom. The second-order valence-corrected chi connectivity index (χ2v) is 3.34. The van der Waals surface area contributed by atoms with Crippen LogP contribution in [0.25, 0.3) is 0 Å². The highest BCUT2D eigenvalue weighted by molar-refractivity contribution is 5.15. The number of aryl methyl sites for hydroxylation is 1. The van der Waals surface area contributed by atoms with Gasteiger partial charge in [0.05, 0.1) is 12.3 Å². The zero-order valence-electron chi connectivity index (χ0n) is 8.54. The molecule has 0 saturated heterocycles. The average Bonchev–Trinajstić information content (AvgIpc) is 2.58. The van der Waals surface area contributed by atoms with Crippen molar-refractivity contribution in [2.24, 2.45) is 0 Å². The summed E-state index contributed by atoms with van der Waals surface area (Å²) in [7, 11) is 0. The Morgan fingerprint density at radius 3 is 2.73 bits per heavy atom. The van der Waals surface area contributed by atoms with Gasteiger partial charge in [-0.3, -0.25) is 0 Å². The molecule has 2 N–H and O–H groups in total. The zero-order chi connectivity index (χ0) is 11.3. The van der Waals surface area contributed by atoms with Gasteiger partial charge in [-0.1, -0.05) is 0 Å². The molecule has 0 aromatic carbocycles. The van der Waals surface area contributed by atoms with E-state index in [1.807, 2.05) is 0 Å². The van der Waals surface area contributed by atoms with Gasteiger partial charge in [0.15, 0.2) is 0 Å². The van der Waals surface area contributed by atoms with Crippen LogP contribution in [-0.4, -0.2) is 24.2 Å². The fourth-order valence-corrected chi connectivity index (χ4v) is 1.29. The molecular weight excluding hydrogens is 204 g/mol. The van der Waals surface area contributed by atoms with E-state index in [0.29, 0.717) is 6.54 Å². The maximum atomic E-state index is 12.4. The van der Waals surface area contributed by atoms with Crippen LogP contribution < -0.4 is 5.32 Å². The first-order valence-electron chi connectivity index (χ1n) is 4.80. The van der Waals surface area contributed by atoms with Gasteiger partial charge in [0.25, 0.3) is 6.43 Å². The second kappa shape index (κ2) is 5.82. The highest BCUT2D eigenvalue weighted by atomic mass is 19.3. The highest BCUT2D eigenvalue weighted by Crippen LogP contribution is 2.10. The maximum Gasteiger partial charge on any atom is 0.253 e. The molecule has 1 heterocycles. The molecule has 0 fully saturated rings. The maximum absolute atomic E-state index is 12.4. The number of rotatable bonds is 6. The quantitative estimate of drug-likeness (QED) is 0.765. The van der Waals surface area contributed by atoms with E-state index in [1.165, 1.54) is 6.26 Å². The topological polar surface area (TPSA) is 45.4 Å². The first-order chi connectivity index (χ1) is 7.15. The third-order valence-electron chi connectivity index (χ3n) is 2.27. The van der Waals surface area contributed by atoms with Gasteiger partial charge in [-0.15, -0.1) is 0 Å². The lowest BCUT2D eigenvalue weighted by atomic mass is 10.2. The van der Waals surface area contributed by atoms with Crippen molar-refractivity contribution in [2.45, 2.75) is 32.4 Å². The van der Waals surface area contributed by atoms with Crippen LogP contribution in [0.2, 0.25) is 0 Å². The molecule has 1 rings (SSSR count). The average molecular weight is 219 g/mol. The summed E-state index contributed by atoms with van der Waals surface area (Å²) in [5.74, 6) is 0.722. The number of hydrogen-bond acceptors (Lipinski definition) is 3. The number of nitrogens with one attached hydrogen (secondary N) is 1. The molecule has 0 aliphatic carbocycles. The lowest BCUT2D eigenvalue weighted by Crippen LogP contribution is -2.36. The van der Waals surface area contributed by atoms with Crippen LogP contribution in [-0.2, 0) is 6.54 Å². The van der Waals surface area contributed by atoms with Crippen LogP contribution in [0.4, 0.5) is 8.78 Å². The molecule has 0 amide bonds. The van der Waals surface area contributed by atoms with Crippen molar-refractivity contribution < 1.29 is 18.3 Å². The summed E-state index contributed by atoms with van der Waals surface area (Å²) in [6.45, 7) is 1.87. The van der Waals surface area contributed by atoms with Crippen molar-refractivity contribution in [3.05, 3.63) is 23.7 Å². The van der Waals surface area contributed by atoms with E-state index in [1.54, 1.807) is 13.0 Å². The molecular formula is C10H15F2NO2. The summed E-state index contributed by atoms with van der Waals surface area (Å²) < 4.78 is 29.9. The van der Waals surface area contributed by atoms with Gasteiger partial charge in [0, 0.05) is 18.7 Å². The van der Waals surface area contributed by atoms with Crippen molar-refractivity contribution in [2.75, 3.05) is 6.61 Å². The normalized spacial score (nSPS) is 13.4. The first kappa shape index (κ1) is 12.1. The largest absolute Gasteiger partial charge is 0.469 e. The van der Waals surface area contributed by atoms with Gasteiger partial charge >= 0.3 is 0 Å². The smallest absolute Gasteiger partial charge is 0.253 e. The van der Waals surface area contributed by atoms with Crippen LogP contribution in [0.1, 0.15) is 17.7 Å². The van der Waals surface area contributed by atoms with E-state index in [9.17, 15) is 8.78 Å². The van der Waals surface area contributed by atoms with E-state index in [-0.39, 0.29) is 13.0 Å². The summed E-state index contributed by atoms with van der Waals surface area (Å²) in [4.78, 5) is 0. The monoisotopic (exact) mass is 219 g/mol. The number of halogens is 2. The Labute approximate surface area is 87.1 Å². The molecule has 5 heteroatoms. The van der Waals surface area contributed by atoms with Crippen molar-refractivity contribution in [1.82, 2.24) is 5.32 Å². The third-order valence-corrected chi connectivity index (χ3v) is 2.27. The standard InChI is InChI=1S/C10H15F2NO2/c1-7-8(3-5-15-7)6-13-9(2-4-14)10(11)12/h3,5,9-10,13-14H,2,4,6H2,1H3. The van der Waals surface area contributed by atoms with E-state index >= 15 is 0 Å². The molecule has 1 aromatic heterocycles. The van der Waals surface area contributed by atoms with Crippen molar-refractivity contribution in [3.63, 3.8) is 0 Å². The predicted molar refractivity (Wildman–Crippen MR) is 51.8 cm³/mol. The summed E-state index contributed by atoms with van der Waals surface area (Å²) in [6.07, 6.45) is -0.894. The summed E-state index contributed by atoms with van der Waals surface area (Å²) in [5.41, 5.74) is 0.860. The van der Waals surface area contributed by atoms with Gasteiger partial charge in [-0.05, 0) is 19.4 Å². The minimum Gasteiger partial charge on any atom is -0.469 e. The van der Waals surface area contributed by atoms with Gasteiger partial charge in [0.1, 0.15) is 5.76 Å². The molecule has 86 valence electrons. The van der Waals surface area contributed by atoms with Crippen LogP contribution in [0, 0.1) is 6.92 Å². The number of aliphatic hydroxyl groups excluding tert-OH is 1. The molecule has 0 spiro atoms. The molecule has 1 atom stereocenters. The highest BCUT2D eigenvalue weighted by Gasteiger charge is 2.19. The fraction of sp³-hybridized carbons (Fsp3) is 0.600. The number of hydrogen-bond donors (Lipinski definition) is 2. The van der Waals surface area contributed by atoms with Crippen LogP contribution in [0.5, 0.6) is 0 Å². The Kier molecular flexibility index (Phi) is 4.71. The van der Waals surface area contributed by atoms with Crippen molar-refractivity contribution >= 4 is 0 Å². The van der Waals surface area contributed by atoms with Crippen molar-refractivity contribution in [3.8, 4) is 0 Å². The predicted octanol–water partition coefficient (Wildman–Crippen LogP) is 1.69.